The van der Waals surface area contributed by atoms with E-state index in [1.807, 2.05) is 19.1 Å². The van der Waals surface area contributed by atoms with Crippen molar-refractivity contribution in [2.45, 2.75) is 6.92 Å². The zero-order chi connectivity index (χ0) is 14.3. The molecule has 0 N–H and O–H groups in total. The van der Waals surface area contributed by atoms with Crippen molar-refractivity contribution in [2.24, 2.45) is 0 Å². The van der Waals surface area contributed by atoms with E-state index in [1.54, 1.807) is 30.3 Å². The van der Waals surface area contributed by atoms with Crippen LogP contribution < -0.4 is 5.56 Å². The Morgan fingerprint density at radius 1 is 1.05 bits per heavy atom. The van der Waals surface area contributed by atoms with Gasteiger partial charge in [0.15, 0.2) is 0 Å². The molecule has 0 unspecified atom stereocenters. The smallest absolute Gasteiger partial charge is 0.267 e. The van der Waals surface area contributed by atoms with Gasteiger partial charge >= 0.3 is 0 Å². The van der Waals surface area contributed by atoms with E-state index in [9.17, 15) is 4.79 Å². The first-order valence-electron chi connectivity index (χ1n) is 6.02. The molecule has 0 spiro atoms. The summed E-state index contributed by atoms with van der Waals surface area (Å²) in [7, 11) is 0. The van der Waals surface area contributed by atoms with Crippen LogP contribution in [0.1, 0.15) is 5.56 Å². The monoisotopic (exact) mass is 304 g/mol. The number of nitrogens with zero attached hydrogens (tertiary/aromatic N) is 2. The summed E-state index contributed by atoms with van der Waals surface area (Å²) in [4.78, 5) is 17.0. The fraction of sp³-hybridized carbons (Fsp3) is 0.0667. The van der Waals surface area contributed by atoms with Gasteiger partial charge in [-0.3, -0.25) is 9.36 Å². The zero-order valence-corrected chi connectivity index (χ0v) is 12.1. The van der Waals surface area contributed by atoms with Gasteiger partial charge in [0, 0.05) is 5.02 Å². The van der Waals surface area contributed by atoms with Gasteiger partial charge in [0.1, 0.15) is 0 Å². The molecule has 0 radical (unpaired) electrons. The number of hydrogen-bond acceptors (Lipinski definition) is 2. The quantitative estimate of drug-likeness (QED) is 0.637. The first-order valence-corrected chi connectivity index (χ1v) is 6.77. The Morgan fingerprint density at radius 2 is 1.75 bits per heavy atom. The highest BCUT2D eigenvalue weighted by atomic mass is 35.5. The first kappa shape index (κ1) is 13.2. The van der Waals surface area contributed by atoms with E-state index in [-0.39, 0.29) is 10.8 Å². The zero-order valence-electron chi connectivity index (χ0n) is 10.6. The summed E-state index contributed by atoms with van der Waals surface area (Å²) in [5, 5.41) is 1.31. The van der Waals surface area contributed by atoms with Crippen LogP contribution in [0, 0.1) is 6.92 Å². The third kappa shape index (κ3) is 2.09. The SMILES string of the molecule is Cc1cccc2nc(Cl)n(-c3ccc(Cl)cc3)c(=O)c12. The molecule has 0 atom stereocenters. The molecule has 20 heavy (non-hydrogen) atoms. The maximum absolute atomic E-state index is 12.7. The lowest BCUT2D eigenvalue weighted by atomic mass is 10.1. The Labute approximate surface area is 125 Å². The van der Waals surface area contributed by atoms with Crippen molar-refractivity contribution < 1.29 is 0 Å². The standard InChI is InChI=1S/C15H10Cl2N2O/c1-9-3-2-4-12-13(9)14(20)19(15(17)18-12)11-7-5-10(16)6-8-11/h2-8H,1H3. The molecule has 0 fully saturated rings. The Hall–Kier alpha value is -1.84. The highest BCUT2D eigenvalue weighted by Gasteiger charge is 2.12. The van der Waals surface area contributed by atoms with E-state index in [4.69, 9.17) is 23.2 Å². The Balaban J connectivity index is 2.39. The van der Waals surface area contributed by atoms with Crippen molar-refractivity contribution in [3.05, 3.63) is 68.7 Å². The molecule has 3 rings (SSSR count). The second-order valence-electron chi connectivity index (χ2n) is 4.47. The summed E-state index contributed by atoms with van der Waals surface area (Å²) in [6.07, 6.45) is 0. The number of aryl methyl sites for hydroxylation is 1. The molecule has 0 aliphatic carbocycles. The Bertz CT molecular complexity index is 854. The van der Waals surface area contributed by atoms with Crippen LogP contribution in [0.15, 0.2) is 47.3 Å². The molecular weight excluding hydrogens is 295 g/mol. The van der Waals surface area contributed by atoms with Gasteiger partial charge in [-0.1, -0.05) is 23.7 Å². The predicted molar refractivity (Wildman–Crippen MR) is 82.1 cm³/mol. The lowest BCUT2D eigenvalue weighted by Gasteiger charge is -2.10. The molecule has 3 nitrogen and oxygen atoms in total. The average molecular weight is 305 g/mol. The molecule has 1 heterocycles. The second-order valence-corrected chi connectivity index (χ2v) is 5.24. The summed E-state index contributed by atoms with van der Waals surface area (Å²) in [6, 6.07) is 12.4. The summed E-state index contributed by atoms with van der Waals surface area (Å²) < 4.78 is 1.38. The van der Waals surface area contributed by atoms with Crippen molar-refractivity contribution in [3.8, 4) is 5.69 Å². The Morgan fingerprint density at radius 3 is 2.45 bits per heavy atom. The van der Waals surface area contributed by atoms with Gasteiger partial charge in [-0.15, -0.1) is 0 Å². The molecule has 0 saturated heterocycles. The van der Waals surface area contributed by atoms with Crippen molar-refractivity contribution in [1.82, 2.24) is 9.55 Å². The number of hydrogen-bond donors (Lipinski definition) is 0. The average Bonchev–Trinajstić information content (AvgIpc) is 2.40. The highest BCUT2D eigenvalue weighted by Crippen LogP contribution is 2.19. The fourth-order valence-electron chi connectivity index (χ4n) is 2.18. The van der Waals surface area contributed by atoms with Crippen molar-refractivity contribution in [1.29, 1.82) is 0 Å². The molecule has 0 bridgehead atoms. The normalized spacial score (nSPS) is 10.9. The third-order valence-electron chi connectivity index (χ3n) is 3.15. The van der Waals surface area contributed by atoms with Crippen molar-refractivity contribution in [2.75, 3.05) is 0 Å². The van der Waals surface area contributed by atoms with E-state index in [0.717, 1.165) is 5.56 Å². The summed E-state index contributed by atoms with van der Waals surface area (Å²) in [5.74, 6) is 0. The van der Waals surface area contributed by atoms with Crippen LogP contribution in [0.3, 0.4) is 0 Å². The van der Waals surface area contributed by atoms with Gasteiger partial charge in [0.2, 0.25) is 5.28 Å². The number of benzene rings is 2. The number of aromatic nitrogens is 2. The molecule has 2 aromatic carbocycles. The van der Waals surface area contributed by atoms with Crippen molar-refractivity contribution in [3.63, 3.8) is 0 Å². The first-order chi connectivity index (χ1) is 9.58. The minimum absolute atomic E-state index is 0.135. The van der Waals surface area contributed by atoms with Crippen LogP contribution in [0.4, 0.5) is 0 Å². The summed E-state index contributed by atoms with van der Waals surface area (Å²) in [6.45, 7) is 1.88. The predicted octanol–water partition coefficient (Wildman–Crippen LogP) is 4.00. The van der Waals surface area contributed by atoms with E-state index in [0.29, 0.717) is 21.6 Å². The van der Waals surface area contributed by atoms with Crippen molar-refractivity contribution >= 4 is 34.1 Å². The third-order valence-corrected chi connectivity index (χ3v) is 3.66. The second kappa shape index (κ2) is 4.93. The number of halogens is 2. The highest BCUT2D eigenvalue weighted by molar-refractivity contribution is 6.30. The molecule has 3 aromatic rings. The maximum Gasteiger partial charge on any atom is 0.267 e. The minimum Gasteiger partial charge on any atom is -0.268 e. The molecule has 0 saturated carbocycles. The van der Waals surface area contributed by atoms with Crippen LogP contribution in [0.5, 0.6) is 0 Å². The fourth-order valence-corrected chi connectivity index (χ4v) is 2.57. The molecular formula is C15H10Cl2N2O. The van der Waals surface area contributed by atoms with Gasteiger partial charge in [-0.2, -0.15) is 0 Å². The molecule has 0 amide bonds. The lowest BCUT2D eigenvalue weighted by molar-refractivity contribution is 0.962. The number of rotatable bonds is 1. The molecule has 100 valence electrons. The molecule has 1 aromatic heterocycles. The Kier molecular flexibility index (Phi) is 3.24. The maximum atomic E-state index is 12.7. The topological polar surface area (TPSA) is 34.9 Å². The van der Waals surface area contributed by atoms with E-state index in [2.05, 4.69) is 4.98 Å². The summed E-state index contributed by atoms with van der Waals surface area (Å²) >= 11 is 12.0. The van der Waals surface area contributed by atoms with Crippen LogP contribution in [-0.2, 0) is 0 Å². The van der Waals surface area contributed by atoms with Crippen LogP contribution >= 0.6 is 23.2 Å². The minimum atomic E-state index is -0.180. The van der Waals surface area contributed by atoms with Gasteiger partial charge in [0.05, 0.1) is 16.6 Å². The number of fused-ring (bicyclic) bond motifs is 1. The van der Waals surface area contributed by atoms with Crippen LogP contribution in [0.25, 0.3) is 16.6 Å². The van der Waals surface area contributed by atoms with E-state index >= 15 is 0 Å². The molecule has 5 heteroatoms. The lowest BCUT2D eigenvalue weighted by Crippen LogP contribution is -2.21. The van der Waals surface area contributed by atoms with Gasteiger partial charge in [0.25, 0.3) is 5.56 Å². The summed E-state index contributed by atoms with van der Waals surface area (Å²) in [5.41, 5.74) is 1.94. The molecule has 0 aliphatic rings. The van der Waals surface area contributed by atoms with E-state index < -0.39 is 0 Å². The van der Waals surface area contributed by atoms with Gasteiger partial charge < -0.3 is 0 Å². The largest absolute Gasteiger partial charge is 0.268 e. The van der Waals surface area contributed by atoms with Crippen LogP contribution in [0.2, 0.25) is 10.3 Å². The van der Waals surface area contributed by atoms with Gasteiger partial charge in [-0.05, 0) is 54.4 Å². The van der Waals surface area contributed by atoms with E-state index in [1.165, 1.54) is 4.57 Å². The van der Waals surface area contributed by atoms with Crippen LogP contribution in [-0.4, -0.2) is 9.55 Å². The van der Waals surface area contributed by atoms with Gasteiger partial charge in [-0.25, -0.2) is 4.98 Å². The molecule has 0 aliphatic heterocycles.